The number of hydrogen-bond acceptors (Lipinski definition) is 4. The van der Waals surface area contributed by atoms with Crippen LogP contribution in [0.3, 0.4) is 0 Å². The summed E-state index contributed by atoms with van der Waals surface area (Å²) in [5.41, 5.74) is 2.68. The molecule has 0 aromatic carbocycles. The number of anilines is 1. The van der Waals surface area contributed by atoms with Gasteiger partial charge in [0.25, 0.3) is 0 Å². The van der Waals surface area contributed by atoms with Crippen LogP contribution in [0.15, 0.2) is 18.5 Å². The Morgan fingerprint density at radius 1 is 1.47 bits per heavy atom. The molecule has 0 bridgehead atoms. The molecule has 2 aromatic rings. The molecule has 100 valence electrons. The molecule has 0 fully saturated rings. The molecule has 0 saturated heterocycles. The molecule has 0 aliphatic carbocycles. The molecule has 6 nitrogen and oxygen atoms in total. The van der Waals surface area contributed by atoms with Crippen LogP contribution in [-0.2, 0) is 13.6 Å². The van der Waals surface area contributed by atoms with Crippen LogP contribution in [0.5, 0.6) is 0 Å². The molecule has 0 radical (unpaired) electrons. The largest absolute Gasteiger partial charge is 0.478 e. The molecule has 2 aromatic heterocycles. The molecule has 0 saturated carbocycles. The number of aromatic nitrogens is 3. The zero-order chi connectivity index (χ0) is 14.0. The van der Waals surface area contributed by atoms with E-state index in [1.54, 1.807) is 23.9 Å². The number of pyridine rings is 1. The number of carbonyl (C=O) groups is 1. The second-order valence-electron chi connectivity index (χ2n) is 4.49. The minimum absolute atomic E-state index is 0.217. The van der Waals surface area contributed by atoms with Gasteiger partial charge in [-0.1, -0.05) is 0 Å². The molecule has 0 spiro atoms. The van der Waals surface area contributed by atoms with Crippen LogP contribution in [0.1, 0.15) is 27.2 Å². The summed E-state index contributed by atoms with van der Waals surface area (Å²) in [7, 11) is 1.83. The minimum atomic E-state index is -0.973. The van der Waals surface area contributed by atoms with E-state index in [-0.39, 0.29) is 5.56 Å². The van der Waals surface area contributed by atoms with Crippen LogP contribution in [0, 0.1) is 13.8 Å². The predicted molar refractivity (Wildman–Crippen MR) is 71.2 cm³/mol. The summed E-state index contributed by atoms with van der Waals surface area (Å²) in [6.45, 7) is 4.10. The Bertz CT molecular complexity index is 619. The first kappa shape index (κ1) is 13.1. The van der Waals surface area contributed by atoms with Crippen LogP contribution in [0.25, 0.3) is 0 Å². The van der Waals surface area contributed by atoms with Crippen molar-refractivity contribution in [3.05, 3.63) is 40.8 Å². The van der Waals surface area contributed by atoms with Crippen molar-refractivity contribution in [1.82, 2.24) is 14.8 Å². The summed E-state index contributed by atoms with van der Waals surface area (Å²) in [6, 6.07) is 1.76. The van der Waals surface area contributed by atoms with Crippen LogP contribution in [-0.4, -0.2) is 25.8 Å². The number of carboxylic acid groups (broad SMARTS) is 1. The Hall–Kier alpha value is -2.37. The first-order valence-corrected chi connectivity index (χ1v) is 5.90. The third-order valence-corrected chi connectivity index (χ3v) is 2.78. The van der Waals surface area contributed by atoms with E-state index < -0.39 is 5.97 Å². The summed E-state index contributed by atoms with van der Waals surface area (Å²) in [6.07, 6.45) is 3.60. The molecule has 0 atom stereocenters. The standard InChI is InChI=1S/C13H16N4O2/c1-8-4-9(2)16-12(11(8)13(18)19)14-5-10-6-15-17(3)7-10/h4,6-7H,5H2,1-3H3,(H,14,16)(H,18,19). The van der Waals surface area contributed by atoms with E-state index in [2.05, 4.69) is 15.4 Å². The van der Waals surface area contributed by atoms with Gasteiger partial charge in [0.15, 0.2) is 0 Å². The Kier molecular flexibility index (Phi) is 3.50. The summed E-state index contributed by atoms with van der Waals surface area (Å²) >= 11 is 0. The average Bonchev–Trinajstić information content (AvgIpc) is 2.71. The number of nitrogens with zero attached hydrogens (tertiary/aromatic N) is 3. The van der Waals surface area contributed by atoms with Gasteiger partial charge < -0.3 is 10.4 Å². The molecule has 19 heavy (non-hydrogen) atoms. The lowest BCUT2D eigenvalue weighted by atomic mass is 10.1. The highest BCUT2D eigenvalue weighted by Gasteiger charge is 2.15. The summed E-state index contributed by atoms with van der Waals surface area (Å²) < 4.78 is 1.70. The van der Waals surface area contributed by atoms with Crippen LogP contribution in [0.4, 0.5) is 5.82 Å². The first-order chi connectivity index (χ1) is 8.97. The van der Waals surface area contributed by atoms with Crippen LogP contribution < -0.4 is 5.32 Å². The van der Waals surface area contributed by atoms with Crippen molar-refractivity contribution in [1.29, 1.82) is 0 Å². The molecule has 2 N–H and O–H groups in total. The number of carboxylic acids is 1. The van der Waals surface area contributed by atoms with E-state index in [0.717, 1.165) is 11.3 Å². The molecule has 2 heterocycles. The fourth-order valence-electron chi connectivity index (χ4n) is 1.98. The van der Waals surface area contributed by atoms with Crippen LogP contribution >= 0.6 is 0 Å². The molecular formula is C13H16N4O2. The zero-order valence-electron chi connectivity index (χ0n) is 11.1. The molecule has 0 aliphatic rings. The number of nitrogens with one attached hydrogen (secondary N) is 1. The van der Waals surface area contributed by atoms with Crippen molar-refractivity contribution in [2.24, 2.45) is 7.05 Å². The normalized spacial score (nSPS) is 10.5. The Morgan fingerprint density at radius 3 is 2.79 bits per heavy atom. The molecule has 0 unspecified atom stereocenters. The van der Waals surface area contributed by atoms with E-state index in [0.29, 0.717) is 17.9 Å². The SMILES string of the molecule is Cc1cc(C)c(C(=O)O)c(NCc2cnn(C)c2)n1. The second kappa shape index (κ2) is 5.09. The minimum Gasteiger partial charge on any atom is -0.478 e. The van der Waals surface area contributed by atoms with E-state index >= 15 is 0 Å². The maximum atomic E-state index is 11.3. The molecule has 6 heteroatoms. The molecular weight excluding hydrogens is 244 g/mol. The van der Waals surface area contributed by atoms with Crippen molar-refractivity contribution in [3.8, 4) is 0 Å². The highest BCUT2D eigenvalue weighted by atomic mass is 16.4. The second-order valence-corrected chi connectivity index (χ2v) is 4.49. The number of aromatic carboxylic acids is 1. The molecule has 0 amide bonds. The predicted octanol–water partition coefficient (Wildman–Crippen LogP) is 1.74. The fourth-order valence-corrected chi connectivity index (χ4v) is 1.98. The van der Waals surface area contributed by atoms with Gasteiger partial charge in [-0.05, 0) is 25.5 Å². The van der Waals surface area contributed by atoms with Gasteiger partial charge in [-0.15, -0.1) is 0 Å². The number of rotatable bonds is 4. The van der Waals surface area contributed by atoms with Gasteiger partial charge in [0.1, 0.15) is 11.4 Å². The highest BCUT2D eigenvalue weighted by molar-refractivity contribution is 5.94. The lowest BCUT2D eigenvalue weighted by Crippen LogP contribution is -2.11. The summed E-state index contributed by atoms with van der Waals surface area (Å²) in [5, 5.41) is 16.4. The number of aryl methyl sites for hydroxylation is 3. The topological polar surface area (TPSA) is 80.0 Å². The Labute approximate surface area is 111 Å². The molecule has 0 aliphatic heterocycles. The van der Waals surface area contributed by atoms with Crippen molar-refractivity contribution < 1.29 is 9.90 Å². The highest BCUT2D eigenvalue weighted by Crippen LogP contribution is 2.19. The van der Waals surface area contributed by atoms with Crippen molar-refractivity contribution in [3.63, 3.8) is 0 Å². The van der Waals surface area contributed by atoms with Gasteiger partial charge in [-0.3, -0.25) is 4.68 Å². The Balaban J connectivity index is 2.26. The Morgan fingerprint density at radius 2 is 2.21 bits per heavy atom. The third-order valence-electron chi connectivity index (χ3n) is 2.78. The zero-order valence-corrected chi connectivity index (χ0v) is 11.1. The van der Waals surface area contributed by atoms with Crippen molar-refractivity contribution in [2.75, 3.05) is 5.32 Å². The average molecular weight is 260 g/mol. The summed E-state index contributed by atoms with van der Waals surface area (Å²) in [4.78, 5) is 15.5. The number of hydrogen-bond donors (Lipinski definition) is 2. The van der Waals surface area contributed by atoms with E-state index in [1.165, 1.54) is 0 Å². The van der Waals surface area contributed by atoms with Crippen LogP contribution in [0.2, 0.25) is 0 Å². The van der Waals surface area contributed by atoms with Crippen molar-refractivity contribution >= 4 is 11.8 Å². The van der Waals surface area contributed by atoms with Gasteiger partial charge >= 0.3 is 5.97 Å². The monoisotopic (exact) mass is 260 g/mol. The van der Waals surface area contributed by atoms with Crippen molar-refractivity contribution in [2.45, 2.75) is 20.4 Å². The van der Waals surface area contributed by atoms with Gasteiger partial charge in [-0.2, -0.15) is 5.10 Å². The fraction of sp³-hybridized carbons (Fsp3) is 0.308. The smallest absolute Gasteiger partial charge is 0.339 e. The lowest BCUT2D eigenvalue weighted by Gasteiger charge is -2.11. The van der Waals surface area contributed by atoms with E-state index in [9.17, 15) is 9.90 Å². The van der Waals surface area contributed by atoms with Gasteiger partial charge in [-0.25, -0.2) is 9.78 Å². The van der Waals surface area contributed by atoms with E-state index in [1.807, 2.05) is 20.2 Å². The van der Waals surface area contributed by atoms with Gasteiger partial charge in [0.05, 0.1) is 6.20 Å². The maximum absolute atomic E-state index is 11.3. The first-order valence-electron chi connectivity index (χ1n) is 5.90. The summed E-state index contributed by atoms with van der Waals surface area (Å²) in [5.74, 6) is -0.576. The maximum Gasteiger partial charge on any atom is 0.339 e. The third kappa shape index (κ3) is 2.90. The van der Waals surface area contributed by atoms with Gasteiger partial charge in [0.2, 0.25) is 0 Å². The lowest BCUT2D eigenvalue weighted by molar-refractivity contribution is 0.0697. The van der Waals surface area contributed by atoms with Gasteiger partial charge in [0, 0.05) is 31.0 Å². The molecule has 2 rings (SSSR count). The quantitative estimate of drug-likeness (QED) is 0.875. The van der Waals surface area contributed by atoms with E-state index in [4.69, 9.17) is 0 Å².